The van der Waals surface area contributed by atoms with Crippen molar-refractivity contribution in [3.05, 3.63) is 58.0 Å². The van der Waals surface area contributed by atoms with E-state index in [0.29, 0.717) is 64.2 Å². The molecule has 2 aromatic carbocycles. The van der Waals surface area contributed by atoms with Gasteiger partial charge in [0.2, 0.25) is 0 Å². The highest BCUT2D eigenvalue weighted by molar-refractivity contribution is 8.26. The molecule has 0 aliphatic carbocycles. The van der Waals surface area contributed by atoms with Crippen LogP contribution in [-0.2, 0) is 26.7 Å². The Kier molecular flexibility index (Phi) is 11.6. The maximum atomic E-state index is 13.6. The van der Waals surface area contributed by atoms with E-state index >= 15 is 0 Å². The zero-order valence-corrected chi connectivity index (χ0v) is 25.5. The minimum Gasteiger partial charge on any atom is -0.492 e. The summed E-state index contributed by atoms with van der Waals surface area (Å²) in [5.41, 5.74) is -2.84. The molecule has 7 nitrogen and oxygen atoms in total. The van der Waals surface area contributed by atoms with Crippen LogP contribution in [-0.4, -0.2) is 77.1 Å². The molecule has 0 bridgehead atoms. The fourth-order valence-electron chi connectivity index (χ4n) is 4.76. The van der Waals surface area contributed by atoms with Crippen molar-refractivity contribution in [1.82, 2.24) is 9.80 Å². The van der Waals surface area contributed by atoms with Gasteiger partial charge in [0, 0.05) is 38.2 Å². The number of morpholine rings is 1. The van der Waals surface area contributed by atoms with Crippen LogP contribution in [0.25, 0.3) is 17.2 Å². The summed E-state index contributed by atoms with van der Waals surface area (Å²) in [6, 6.07) is 5.59. The third-order valence-corrected chi connectivity index (χ3v) is 8.51. The number of thioether (sulfide) groups is 1. The van der Waals surface area contributed by atoms with Gasteiger partial charge >= 0.3 is 18.3 Å². The molecule has 2 heterocycles. The van der Waals surface area contributed by atoms with Crippen LogP contribution in [0, 0.1) is 0 Å². The van der Waals surface area contributed by atoms with Crippen LogP contribution in [0.2, 0.25) is 0 Å². The first-order valence-corrected chi connectivity index (χ1v) is 15.3. The summed E-state index contributed by atoms with van der Waals surface area (Å²) in [6.45, 7) is 3.65. The van der Waals surface area contributed by atoms with E-state index in [0.717, 1.165) is 11.8 Å². The molecule has 2 fully saturated rings. The summed E-state index contributed by atoms with van der Waals surface area (Å²) < 4.78 is 92.9. The molecule has 2 aliphatic rings. The maximum absolute atomic E-state index is 13.6. The van der Waals surface area contributed by atoms with Gasteiger partial charge in [0.15, 0.2) is 0 Å². The number of carbonyl (C=O) groups excluding carboxylic acids is 1. The number of amides is 1. The SMILES string of the molecule is O=C(O)CCCCCN1C(=O)C(=Cc2cc(-c3cc(C(F)(F)F)cc(C(F)(F)F)c3)ccc2OCCN2CCOCC2)SC1=S. The van der Waals surface area contributed by atoms with Crippen molar-refractivity contribution in [1.29, 1.82) is 0 Å². The minimum absolute atomic E-state index is 0.0132. The highest BCUT2D eigenvalue weighted by atomic mass is 32.2. The van der Waals surface area contributed by atoms with Crippen molar-refractivity contribution >= 4 is 46.3 Å². The standard InChI is InChI=1S/C30H30F6N2O5S2/c31-29(32,33)22-15-20(16-23(18-22)30(34,35)36)19-5-6-24(43-13-10-37-8-11-42-12-9-37)21(14-19)17-25-27(41)38(28(44)45-25)7-3-1-2-4-26(39)40/h5-6,14-18H,1-4,7-13H2,(H,39,40). The van der Waals surface area contributed by atoms with E-state index in [1.165, 1.54) is 29.2 Å². The van der Waals surface area contributed by atoms with E-state index in [1.807, 2.05) is 0 Å². The summed E-state index contributed by atoms with van der Waals surface area (Å²) in [6.07, 6.45) is -7.00. The van der Waals surface area contributed by atoms with Crippen LogP contribution in [0.5, 0.6) is 5.75 Å². The Hall–Kier alpha value is -3.14. The van der Waals surface area contributed by atoms with Gasteiger partial charge in [-0.15, -0.1) is 0 Å². The molecule has 0 aromatic heterocycles. The average Bonchev–Trinajstić information content (AvgIpc) is 3.24. The third kappa shape index (κ3) is 9.67. The largest absolute Gasteiger partial charge is 0.492 e. The Morgan fingerprint density at radius 3 is 2.24 bits per heavy atom. The Morgan fingerprint density at radius 2 is 1.62 bits per heavy atom. The molecule has 2 aromatic rings. The Morgan fingerprint density at radius 1 is 0.956 bits per heavy atom. The van der Waals surface area contributed by atoms with Crippen LogP contribution >= 0.6 is 24.0 Å². The van der Waals surface area contributed by atoms with Crippen molar-refractivity contribution in [3.8, 4) is 16.9 Å². The molecule has 4 rings (SSSR count). The van der Waals surface area contributed by atoms with Crippen molar-refractivity contribution in [3.63, 3.8) is 0 Å². The number of benzene rings is 2. The summed E-state index contributed by atoms with van der Waals surface area (Å²) in [5.74, 6) is -1.03. The minimum atomic E-state index is -5.01. The first kappa shape index (κ1) is 34.7. The first-order chi connectivity index (χ1) is 21.2. The van der Waals surface area contributed by atoms with Crippen LogP contribution in [0.4, 0.5) is 26.3 Å². The van der Waals surface area contributed by atoms with Gasteiger partial charge in [-0.2, -0.15) is 26.3 Å². The second-order valence-corrected chi connectivity index (χ2v) is 12.1. The summed E-state index contributed by atoms with van der Waals surface area (Å²) in [4.78, 5) is 27.7. The van der Waals surface area contributed by atoms with Gasteiger partial charge in [0.1, 0.15) is 16.7 Å². The normalized spacial score (nSPS) is 17.4. The number of aliphatic carboxylic acids is 1. The number of nitrogens with zero attached hydrogens (tertiary/aromatic N) is 2. The molecule has 15 heteroatoms. The molecule has 0 spiro atoms. The lowest BCUT2D eigenvalue weighted by Gasteiger charge is -2.26. The fraction of sp³-hybridized carbons (Fsp3) is 0.433. The van der Waals surface area contributed by atoms with Gasteiger partial charge in [0.05, 0.1) is 29.2 Å². The van der Waals surface area contributed by atoms with Gasteiger partial charge < -0.3 is 14.6 Å². The smallest absolute Gasteiger partial charge is 0.416 e. The average molecular weight is 677 g/mol. The topological polar surface area (TPSA) is 79.3 Å². The zero-order valence-electron chi connectivity index (χ0n) is 23.9. The zero-order chi connectivity index (χ0) is 32.8. The molecular weight excluding hydrogens is 646 g/mol. The Balaban J connectivity index is 1.64. The van der Waals surface area contributed by atoms with E-state index in [-0.39, 0.29) is 57.3 Å². The number of rotatable bonds is 12. The second-order valence-electron chi connectivity index (χ2n) is 10.4. The van der Waals surface area contributed by atoms with Crippen LogP contribution < -0.4 is 4.74 Å². The van der Waals surface area contributed by atoms with Gasteiger partial charge in [-0.1, -0.05) is 36.5 Å². The number of carboxylic acid groups (broad SMARTS) is 1. The molecular formula is C30H30F6N2O5S2. The van der Waals surface area contributed by atoms with E-state index < -0.39 is 35.4 Å². The predicted octanol–water partition coefficient (Wildman–Crippen LogP) is 6.95. The van der Waals surface area contributed by atoms with Crippen LogP contribution in [0.1, 0.15) is 42.4 Å². The number of hydrogen-bond donors (Lipinski definition) is 1. The molecule has 0 atom stereocenters. The molecule has 0 saturated carbocycles. The number of halogens is 6. The third-order valence-electron chi connectivity index (χ3n) is 7.13. The van der Waals surface area contributed by atoms with Gasteiger partial charge in [-0.05, 0) is 60.4 Å². The Labute approximate surface area is 265 Å². The second kappa shape index (κ2) is 15.0. The number of hydrogen-bond acceptors (Lipinski definition) is 7. The molecule has 2 saturated heterocycles. The molecule has 45 heavy (non-hydrogen) atoms. The monoisotopic (exact) mass is 676 g/mol. The van der Waals surface area contributed by atoms with Crippen LogP contribution in [0.3, 0.4) is 0 Å². The maximum Gasteiger partial charge on any atom is 0.416 e. The van der Waals surface area contributed by atoms with Crippen molar-refractivity contribution in [2.45, 2.75) is 38.0 Å². The highest BCUT2D eigenvalue weighted by Crippen LogP contribution is 2.40. The first-order valence-electron chi connectivity index (χ1n) is 14.1. The van der Waals surface area contributed by atoms with E-state index in [4.69, 9.17) is 26.8 Å². The van der Waals surface area contributed by atoms with E-state index in [1.54, 1.807) is 0 Å². The summed E-state index contributed by atoms with van der Waals surface area (Å²) in [5, 5.41) is 8.80. The van der Waals surface area contributed by atoms with E-state index in [2.05, 4.69) is 4.90 Å². The molecule has 1 amide bonds. The number of ether oxygens (including phenoxy) is 2. The number of thiocarbonyl (C=S) groups is 1. The predicted molar refractivity (Wildman–Crippen MR) is 161 cm³/mol. The number of alkyl halides is 6. The van der Waals surface area contributed by atoms with Crippen molar-refractivity contribution < 1.29 is 50.5 Å². The van der Waals surface area contributed by atoms with E-state index in [9.17, 15) is 35.9 Å². The molecule has 0 radical (unpaired) electrons. The number of carbonyl (C=O) groups is 2. The fourth-order valence-corrected chi connectivity index (χ4v) is 6.06. The highest BCUT2D eigenvalue weighted by Gasteiger charge is 2.37. The summed E-state index contributed by atoms with van der Waals surface area (Å²) >= 11 is 6.39. The van der Waals surface area contributed by atoms with Crippen molar-refractivity contribution in [2.75, 3.05) is 46.0 Å². The number of carboxylic acids is 1. The lowest BCUT2D eigenvalue weighted by atomic mass is 9.97. The quantitative estimate of drug-likeness (QED) is 0.112. The van der Waals surface area contributed by atoms with Gasteiger partial charge in [-0.25, -0.2) is 0 Å². The lowest BCUT2D eigenvalue weighted by Crippen LogP contribution is -2.38. The van der Waals surface area contributed by atoms with Gasteiger partial charge in [0.25, 0.3) is 5.91 Å². The molecule has 1 N–H and O–H groups in total. The number of unbranched alkanes of at least 4 members (excludes halogenated alkanes) is 2. The Bertz CT molecular complexity index is 1410. The molecule has 0 unspecified atom stereocenters. The summed E-state index contributed by atoms with van der Waals surface area (Å²) in [7, 11) is 0. The lowest BCUT2D eigenvalue weighted by molar-refractivity contribution is -0.143. The molecule has 2 aliphatic heterocycles. The molecule has 244 valence electrons. The van der Waals surface area contributed by atoms with Gasteiger partial charge in [-0.3, -0.25) is 19.4 Å². The van der Waals surface area contributed by atoms with Crippen molar-refractivity contribution in [2.24, 2.45) is 0 Å². The van der Waals surface area contributed by atoms with Crippen LogP contribution in [0.15, 0.2) is 41.3 Å².